The maximum atomic E-state index is 12.8. The van der Waals surface area contributed by atoms with E-state index in [9.17, 15) is 13.6 Å². The predicted molar refractivity (Wildman–Crippen MR) is 84.5 cm³/mol. The van der Waals surface area contributed by atoms with E-state index in [0.717, 1.165) is 5.69 Å². The van der Waals surface area contributed by atoms with Gasteiger partial charge in [-0.05, 0) is 30.7 Å². The van der Waals surface area contributed by atoms with Gasteiger partial charge in [-0.1, -0.05) is 19.0 Å². The number of amides is 1. The number of rotatable bonds is 4. The van der Waals surface area contributed by atoms with Crippen molar-refractivity contribution in [1.29, 1.82) is 0 Å². The fraction of sp³-hybridized carbons (Fsp3) is 0.588. The molecule has 25 heavy (non-hydrogen) atoms. The molecule has 8 heteroatoms. The minimum Gasteiger partial charge on any atom is -0.355 e. The second kappa shape index (κ2) is 5.64. The van der Waals surface area contributed by atoms with E-state index in [4.69, 9.17) is 4.52 Å². The van der Waals surface area contributed by atoms with Gasteiger partial charge in [0.15, 0.2) is 0 Å². The summed E-state index contributed by atoms with van der Waals surface area (Å²) < 4.78 is 30.5. The number of fused-ring (bicyclic) bond motifs is 1. The SMILES string of the molecule is Cc1c(C2C3CN(C(=O)c4cc(C(C)C)[nH]n4)CC32)noc1C(F)F. The largest absolute Gasteiger partial charge is 0.355 e. The van der Waals surface area contributed by atoms with Crippen LogP contribution < -0.4 is 0 Å². The topological polar surface area (TPSA) is 75.0 Å². The van der Waals surface area contributed by atoms with Crippen LogP contribution in [-0.4, -0.2) is 39.3 Å². The van der Waals surface area contributed by atoms with Crippen molar-refractivity contribution >= 4 is 5.91 Å². The molecule has 1 N–H and O–H groups in total. The fourth-order valence-corrected chi connectivity index (χ4v) is 3.88. The number of likely N-dealkylation sites (tertiary alicyclic amines) is 1. The molecule has 0 spiro atoms. The summed E-state index contributed by atoms with van der Waals surface area (Å²) in [6, 6.07) is 1.80. The monoisotopic (exact) mass is 350 g/mol. The van der Waals surface area contributed by atoms with Crippen molar-refractivity contribution in [2.45, 2.75) is 39.0 Å². The Morgan fingerprint density at radius 2 is 2.04 bits per heavy atom. The summed E-state index contributed by atoms with van der Waals surface area (Å²) in [4.78, 5) is 14.3. The molecule has 134 valence electrons. The van der Waals surface area contributed by atoms with Gasteiger partial charge in [-0.2, -0.15) is 5.10 Å². The molecule has 1 amide bonds. The fourth-order valence-electron chi connectivity index (χ4n) is 3.88. The van der Waals surface area contributed by atoms with Gasteiger partial charge in [0.25, 0.3) is 12.3 Å². The highest BCUT2D eigenvalue weighted by atomic mass is 19.3. The molecule has 0 aromatic carbocycles. The molecular formula is C17H20F2N4O2. The van der Waals surface area contributed by atoms with E-state index in [0.29, 0.717) is 30.0 Å². The number of aromatic amines is 1. The van der Waals surface area contributed by atoms with E-state index in [-0.39, 0.29) is 35.3 Å². The third-order valence-electron chi connectivity index (χ3n) is 5.43. The molecule has 6 nitrogen and oxygen atoms in total. The van der Waals surface area contributed by atoms with Crippen LogP contribution in [0.1, 0.15) is 65.3 Å². The second-order valence-electron chi connectivity index (χ2n) is 7.28. The van der Waals surface area contributed by atoms with Crippen molar-refractivity contribution in [3.63, 3.8) is 0 Å². The first kappa shape index (κ1) is 16.2. The second-order valence-corrected chi connectivity index (χ2v) is 7.28. The molecule has 2 atom stereocenters. The van der Waals surface area contributed by atoms with E-state index >= 15 is 0 Å². The van der Waals surface area contributed by atoms with Crippen LogP contribution in [0, 0.1) is 18.8 Å². The van der Waals surface area contributed by atoms with Crippen LogP contribution in [-0.2, 0) is 0 Å². The first-order valence-corrected chi connectivity index (χ1v) is 8.47. The summed E-state index contributed by atoms with van der Waals surface area (Å²) in [7, 11) is 0. The lowest BCUT2D eigenvalue weighted by molar-refractivity contribution is 0.0766. The Kier molecular flexibility index (Phi) is 3.66. The van der Waals surface area contributed by atoms with Gasteiger partial charge in [-0.25, -0.2) is 8.78 Å². The molecule has 1 saturated heterocycles. The normalized spacial score (nSPS) is 25.1. The maximum Gasteiger partial charge on any atom is 0.298 e. The third-order valence-corrected chi connectivity index (χ3v) is 5.43. The van der Waals surface area contributed by atoms with Crippen LogP contribution >= 0.6 is 0 Å². The van der Waals surface area contributed by atoms with Crippen molar-refractivity contribution in [3.8, 4) is 0 Å². The van der Waals surface area contributed by atoms with Gasteiger partial charge in [0.05, 0.1) is 5.69 Å². The average molecular weight is 350 g/mol. The van der Waals surface area contributed by atoms with Crippen LogP contribution in [0.5, 0.6) is 0 Å². The Hall–Kier alpha value is -2.25. The zero-order chi connectivity index (χ0) is 17.9. The van der Waals surface area contributed by atoms with Crippen molar-refractivity contribution < 1.29 is 18.1 Å². The van der Waals surface area contributed by atoms with Gasteiger partial charge >= 0.3 is 0 Å². The zero-order valence-electron chi connectivity index (χ0n) is 14.3. The van der Waals surface area contributed by atoms with Crippen molar-refractivity contribution in [2.75, 3.05) is 13.1 Å². The van der Waals surface area contributed by atoms with Gasteiger partial charge in [0, 0.05) is 30.3 Å². The van der Waals surface area contributed by atoms with Crippen molar-refractivity contribution in [3.05, 3.63) is 34.5 Å². The molecule has 1 saturated carbocycles. The number of carbonyl (C=O) groups is 1. The van der Waals surface area contributed by atoms with Gasteiger partial charge < -0.3 is 9.42 Å². The lowest BCUT2D eigenvalue weighted by Gasteiger charge is -2.18. The van der Waals surface area contributed by atoms with Gasteiger partial charge in [-0.15, -0.1) is 0 Å². The first-order chi connectivity index (χ1) is 11.9. The van der Waals surface area contributed by atoms with E-state index in [1.807, 2.05) is 13.8 Å². The summed E-state index contributed by atoms with van der Waals surface area (Å²) in [6.45, 7) is 6.90. The van der Waals surface area contributed by atoms with Gasteiger partial charge in [0.1, 0.15) is 5.69 Å². The number of hydrogen-bond acceptors (Lipinski definition) is 4. The number of nitrogens with one attached hydrogen (secondary N) is 1. The highest BCUT2D eigenvalue weighted by Gasteiger charge is 2.59. The Balaban J connectivity index is 1.43. The van der Waals surface area contributed by atoms with Crippen LogP contribution in [0.3, 0.4) is 0 Å². The number of H-pyrrole nitrogens is 1. The molecule has 2 aromatic heterocycles. The standard InChI is InChI=1S/C17H20F2N4O2/c1-7(2)11-4-12(21-20-11)17(24)23-5-9-10(6-23)13(9)14-8(3)15(16(18)19)25-22-14/h4,7,9-10,13,16H,5-6H2,1-3H3,(H,20,21). The quantitative estimate of drug-likeness (QED) is 0.918. The molecule has 2 aliphatic rings. The van der Waals surface area contributed by atoms with Crippen molar-refractivity contribution in [1.82, 2.24) is 20.3 Å². The highest BCUT2D eigenvalue weighted by molar-refractivity contribution is 5.92. The first-order valence-electron chi connectivity index (χ1n) is 8.47. The van der Waals surface area contributed by atoms with Crippen molar-refractivity contribution in [2.24, 2.45) is 11.8 Å². The Labute approximate surface area is 143 Å². The van der Waals surface area contributed by atoms with E-state index in [2.05, 4.69) is 15.4 Å². The average Bonchev–Trinajstić information content (AvgIpc) is 3.04. The van der Waals surface area contributed by atoms with Gasteiger partial charge in [-0.3, -0.25) is 9.89 Å². The van der Waals surface area contributed by atoms with E-state index in [1.165, 1.54) is 0 Å². The van der Waals surface area contributed by atoms with Gasteiger partial charge in [0.2, 0.25) is 5.76 Å². The summed E-state index contributed by atoms with van der Waals surface area (Å²) in [5.74, 6) is 0.503. The number of nitrogens with zero attached hydrogens (tertiary/aromatic N) is 3. The molecule has 2 aromatic rings. The molecule has 0 radical (unpaired) electrons. The minimum atomic E-state index is -2.65. The molecule has 3 heterocycles. The van der Waals surface area contributed by atoms with E-state index < -0.39 is 6.43 Å². The number of halogens is 2. The summed E-state index contributed by atoms with van der Waals surface area (Å²) in [5, 5.41) is 10.9. The van der Waals surface area contributed by atoms with Crippen LogP contribution in [0.15, 0.2) is 10.6 Å². The van der Waals surface area contributed by atoms with Crippen LogP contribution in [0.25, 0.3) is 0 Å². The molecule has 2 unspecified atom stereocenters. The molecule has 2 fully saturated rings. The Morgan fingerprint density at radius 3 is 2.56 bits per heavy atom. The number of aromatic nitrogens is 3. The maximum absolute atomic E-state index is 12.8. The summed E-state index contributed by atoms with van der Waals surface area (Å²) in [6.07, 6.45) is -2.65. The number of piperidine rings is 1. The predicted octanol–water partition coefficient (Wildman–Crippen LogP) is 3.25. The zero-order valence-corrected chi connectivity index (χ0v) is 14.3. The Morgan fingerprint density at radius 1 is 1.36 bits per heavy atom. The Bertz CT molecular complexity index is 801. The highest BCUT2D eigenvalue weighted by Crippen LogP contribution is 2.59. The minimum absolute atomic E-state index is 0.0840. The smallest absolute Gasteiger partial charge is 0.298 e. The lowest BCUT2D eigenvalue weighted by Crippen LogP contribution is -2.31. The molecular weight excluding hydrogens is 330 g/mol. The summed E-state index contributed by atoms with van der Waals surface area (Å²) >= 11 is 0. The lowest BCUT2D eigenvalue weighted by atomic mass is 10.1. The van der Waals surface area contributed by atoms with Crippen LogP contribution in [0.2, 0.25) is 0 Å². The molecule has 1 aliphatic carbocycles. The molecule has 0 bridgehead atoms. The number of carbonyl (C=O) groups excluding carboxylic acids is 1. The number of hydrogen-bond donors (Lipinski definition) is 1. The molecule has 4 rings (SSSR count). The third kappa shape index (κ3) is 2.54. The summed E-state index contributed by atoms with van der Waals surface area (Å²) in [5.41, 5.74) is 2.43. The van der Waals surface area contributed by atoms with E-state index in [1.54, 1.807) is 17.9 Å². The molecule has 1 aliphatic heterocycles. The number of alkyl halides is 2. The van der Waals surface area contributed by atoms with Crippen LogP contribution in [0.4, 0.5) is 8.78 Å².